The van der Waals surface area contributed by atoms with E-state index < -0.39 is 0 Å². The number of aryl methyl sites for hydroxylation is 2. The van der Waals surface area contributed by atoms with Crippen LogP contribution in [-0.4, -0.2) is 18.2 Å². The monoisotopic (exact) mass is 260 g/mol. The molecule has 5 heteroatoms. The zero-order valence-corrected chi connectivity index (χ0v) is 11.2. The molecule has 1 N–H and O–H groups in total. The summed E-state index contributed by atoms with van der Waals surface area (Å²) in [5, 5.41) is 6.64. The van der Waals surface area contributed by atoms with Crippen molar-refractivity contribution in [2.75, 3.05) is 12.4 Å². The average Bonchev–Trinajstić information content (AvgIpc) is 2.80. The number of benzene rings is 1. The van der Waals surface area contributed by atoms with Gasteiger partial charge in [0, 0.05) is 18.2 Å². The van der Waals surface area contributed by atoms with E-state index in [1.165, 1.54) is 0 Å². The number of ether oxygens (including phenoxy) is 1. The van der Waals surface area contributed by atoms with Gasteiger partial charge in [-0.2, -0.15) is 0 Å². The van der Waals surface area contributed by atoms with E-state index in [1.54, 1.807) is 26.2 Å². The molecule has 100 valence electrons. The minimum Gasteiger partial charge on any atom is -0.497 e. The third-order valence-corrected chi connectivity index (χ3v) is 2.81. The summed E-state index contributed by atoms with van der Waals surface area (Å²) >= 11 is 0. The van der Waals surface area contributed by atoms with E-state index in [0.29, 0.717) is 34.9 Å². The highest BCUT2D eigenvalue weighted by atomic mass is 16.5. The minimum absolute atomic E-state index is 0.219. The van der Waals surface area contributed by atoms with E-state index in [-0.39, 0.29) is 5.91 Å². The molecule has 0 aliphatic carbocycles. The third-order valence-electron chi connectivity index (χ3n) is 2.81. The summed E-state index contributed by atoms with van der Waals surface area (Å²) in [7, 11) is 1.58. The van der Waals surface area contributed by atoms with Crippen molar-refractivity contribution < 1.29 is 14.1 Å². The first-order chi connectivity index (χ1) is 9.15. The Bertz CT molecular complexity index is 590. The molecule has 19 heavy (non-hydrogen) atoms. The molecule has 2 rings (SSSR count). The van der Waals surface area contributed by atoms with E-state index >= 15 is 0 Å². The molecule has 1 aromatic carbocycles. The molecule has 0 aliphatic rings. The minimum atomic E-state index is -0.219. The molecule has 0 fully saturated rings. The number of carbonyl (C=O) groups is 1. The average molecular weight is 260 g/mol. The molecule has 0 atom stereocenters. The van der Waals surface area contributed by atoms with Gasteiger partial charge in [0.1, 0.15) is 17.1 Å². The molecule has 1 heterocycles. The van der Waals surface area contributed by atoms with Gasteiger partial charge in [-0.15, -0.1) is 0 Å². The molecule has 0 aliphatic heterocycles. The zero-order chi connectivity index (χ0) is 13.8. The predicted molar refractivity (Wildman–Crippen MR) is 71.6 cm³/mol. The Balaban J connectivity index is 2.23. The van der Waals surface area contributed by atoms with Crippen LogP contribution in [0, 0.1) is 6.92 Å². The fraction of sp³-hybridized carbons (Fsp3) is 0.286. The van der Waals surface area contributed by atoms with Gasteiger partial charge in [-0.05, 0) is 19.1 Å². The first kappa shape index (κ1) is 13.1. The van der Waals surface area contributed by atoms with Gasteiger partial charge < -0.3 is 14.6 Å². The van der Waals surface area contributed by atoms with Crippen LogP contribution < -0.4 is 10.1 Å². The number of carbonyl (C=O) groups excluding carboxylic acids is 1. The van der Waals surface area contributed by atoms with Crippen molar-refractivity contribution in [1.82, 2.24) is 5.16 Å². The standard InChI is InChI=1S/C14H16N2O3/c1-4-12-13(9(2)16-19-12)14(17)15-10-6-5-7-11(8-10)18-3/h5-8H,4H2,1-3H3,(H,15,17). The zero-order valence-electron chi connectivity index (χ0n) is 11.2. The first-order valence-corrected chi connectivity index (χ1v) is 6.06. The summed E-state index contributed by atoms with van der Waals surface area (Å²) in [6.45, 7) is 3.67. The van der Waals surface area contributed by atoms with Crippen LogP contribution in [0.1, 0.15) is 28.7 Å². The second-order valence-corrected chi connectivity index (χ2v) is 4.11. The van der Waals surface area contributed by atoms with Gasteiger partial charge in [0.05, 0.1) is 12.8 Å². The number of anilines is 1. The number of rotatable bonds is 4. The van der Waals surface area contributed by atoms with E-state index in [1.807, 2.05) is 19.1 Å². The summed E-state index contributed by atoms with van der Waals surface area (Å²) in [6, 6.07) is 7.19. The van der Waals surface area contributed by atoms with Crippen LogP contribution in [0.5, 0.6) is 5.75 Å². The van der Waals surface area contributed by atoms with Crippen molar-refractivity contribution in [2.45, 2.75) is 20.3 Å². The number of hydrogen-bond donors (Lipinski definition) is 1. The molecule has 0 radical (unpaired) electrons. The summed E-state index contributed by atoms with van der Waals surface area (Å²) in [4.78, 5) is 12.2. The summed E-state index contributed by atoms with van der Waals surface area (Å²) in [6.07, 6.45) is 0.627. The highest BCUT2D eigenvalue weighted by Gasteiger charge is 2.19. The van der Waals surface area contributed by atoms with Gasteiger partial charge in [0.25, 0.3) is 5.91 Å². The Morgan fingerprint density at radius 2 is 2.26 bits per heavy atom. The highest BCUT2D eigenvalue weighted by Crippen LogP contribution is 2.20. The Kier molecular flexibility index (Phi) is 3.85. The predicted octanol–water partition coefficient (Wildman–Crippen LogP) is 2.81. The molecular formula is C14H16N2O3. The molecule has 0 saturated carbocycles. The molecule has 5 nitrogen and oxygen atoms in total. The van der Waals surface area contributed by atoms with Gasteiger partial charge in [0.2, 0.25) is 0 Å². The molecule has 2 aromatic rings. The fourth-order valence-electron chi connectivity index (χ4n) is 1.84. The van der Waals surface area contributed by atoms with E-state index in [9.17, 15) is 4.79 Å². The van der Waals surface area contributed by atoms with Crippen LogP contribution >= 0.6 is 0 Å². The highest BCUT2D eigenvalue weighted by molar-refractivity contribution is 6.05. The van der Waals surface area contributed by atoms with Crippen molar-refractivity contribution in [2.24, 2.45) is 0 Å². The fourth-order valence-corrected chi connectivity index (χ4v) is 1.84. The molecule has 1 aromatic heterocycles. The van der Waals surface area contributed by atoms with Crippen LogP contribution in [0.15, 0.2) is 28.8 Å². The molecular weight excluding hydrogens is 244 g/mol. The van der Waals surface area contributed by atoms with Crippen LogP contribution in [0.3, 0.4) is 0 Å². The maximum Gasteiger partial charge on any atom is 0.261 e. The maximum absolute atomic E-state index is 12.2. The summed E-state index contributed by atoms with van der Waals surface area (Å²) in [5.74, 6) is 1.07. The molecule has 0 saturated heterocycles. The maximum atomic E-state index is 12.2. The second-order valence-electron chi connectivity index (χ2n) is 4.11. The molecule has 0 unspecified atom stereocenters. The van der Waals surface area contributed by atoms with Crippen molar-refractivity contribution in [3.8, 4) is 5.75 Å². The van der Waals surface area contributed by atoms with Gasteiger partial charge in [-0.1, -0.05) is 18.1 Å². The smallest absolute Gasteiger partial charge is 0.261 e. The Hall–Kier alpha value is -2.30. The van der Waals surface area contributed by atoms with Gasteiger partial charge >= 0.3 is 0 Å². The van der Waals surface area contributed by atoms with Crippen LogP contribution in [0.4, 0.5) is 5.69 Å². The lowest BCUT2D eigenvalue weighted by Crippen LogP contribution is -2.14. The molecule has 1 amide bonds. The van der Waals surface area contributed by atoms with E-state index in [0.717, 1.165) is 0 Å². The largest absolute Gasteiger partial charge is 0.497 e. The number of nitrogens with one attached hydrogen (secondary N) is 1. The number of nitrogens with zero attached hydrogens (tertiary/aromatic N) is 1. The summed E-state index contributed by atoms with van der Waals surface area (Å²) < 4.78 is 10.2. The summed E-state index contributed by atoms with van der Waals surface area (Å²) in [5.41, 5.74) is 1.77. The van der Waals surface area contributed by atoms with Crippen LogP contribution in [0.25, 0.3) is 0 Å². The topological polar surface area (TPSA) is 64.4 Å². The van der Waals surface area contributed by atoms with Crippen LogP contribution in [0.2, 0.25) is 0 Å². The lowest BCUT2D eigenvalue weighted by molar-refractivity contribution is 0.102. The number of aromatic nitrogens is 1. The van der Waals surface area contributed by atoms with Gasteiger partial charge in [-0.25, -0.2) is 0 Å². The molecule has 0 spiro atoms. The Labute approximate surface area is 111 Å². The molecule has 0 bridgehead atoms. The van der Waals surface area contributed by atoms with Crippen LogP contribution in [-0.2, 0) is 6.42 Å². The third kappa shape index (κ3) is 2.76. The van der Waals surface area contributed by atoms with Gasteiger partial charge in [0.15, 0.2) is 0 Å². The number of methoxy groups -OCH3 is 1. The normalized spacial score (nSPS) is 10.3. The quantitative estimate of drug-likeness (QED) is 0.918. The van der Waals surface area contributed by atoms with Crippen molar-refractivity contribution in [3.05, 3.63) is 41.3 Å². The van der Waals surface area contributed by atoms with Crippen molar-refractivity contribution in [3.63, 3.8) is 0 Å². The lowest BCUT2D eigenvalue weighted by atomic mass is 10.1. The Morgan fingerprint density at radius 3 is 2.95 bits per heavy atom. The number of hydrogen-bond acceptors (Lipinski definition) is 4. The lowest BCUT2D eigenvalue weighted by Gasteiger charge is -2.06. The Morgan fingerprint density at radius 1 is 1.47 bits per heavy atom. The van der Waals surface area contributed by atoms with E-state index in [2.05, 4.69) is 10.5 Å². The van der Waals surface area contributed by atoms with Crippen molar-refractivity contribution in [1.29, 1.82) is 0 Å². The van der Waals surface area contributed by atoms with Crippen molar-refractivity contribution >= 4 is 11.6 Å². The second kappa shape index (κ2) is 5.56. The number of amides is 1. The first-order valence-electron chi connectivity index (χ1n) is 6.06. The SMILES string of the molecule is CCc1onc(C)c1C(=O)Nc1cccc(OC)c1. The van der Waals surface area contributed by atoms with Gasteiger partial charge in [-0.3, -0.25) is 4.79 Å². The van der Waals surface area contributed by atoms with E-state index in [4.69, 9.17) is 9.26 Å².